The molecule has 0 fully saturated rings. The third kappa shape index (κ3) is 3.40. The lowest BCUT2D eigenvalue weighted by Crippen LogP contribution is -2.22. The van der Waals surface area contributed by atoms with Crippen molar-refractivity contribution in [3.8, 4) is 0 Å². The molecule has 1 N–H and O–H groups in total. The molecule has 1 heterocycles. The van der Waals surface area contributed by atoms with Crippen LogP contribution in [0.25, 0.3) is 0 Å². The van der Waals surface area contributed by atoms with Crippen LogP contribution in [0.1, 0.15) is 41.0 Å². The first-order valence-corrected chi connectivity index (χ1v) is 7.97. The highest BCUT2D eigenvalue weighted by molar-refractivity contribution is 7.16. The number of halogens is 2. The standard InChI is InChI=1S/C16H19ClFNS/c1-4-7-19-16(13-5-6-14(17)20-13)12-8-10(2)15(18)11(3)9-12/h5-6,8-9,16,19H,4,7H2,1-3H3. The fourth-order valence-corrected chi connectivity index (χ4v) is 3.47. The number of aryl methyl sites for hydroxylation is 2. The minimum absolute atomic E-state index is 0.0745. The number of hydrogen-bond acceptors (Lipinski definition) is 2. The molecule has 0 saturated heterocycles. The number of rotatable bonds is 5. The molecule has 1 atom stereocenters. The van der Waals surface area contributed by atoms with Crippen molar-refractivity contribution in [1.29, 1.82) is 0 Å². The van der Waals surface area contributed by atoms with Crippen molar-refractivity contribution in [2.45, 2.75) is 33.2 Å². The second-order valence-electron chi connectivity index (χ2n) is 5.00. The summed E-state index contributed by atoms with van der Waals surface area (Å²) in [6.07, 6.45) is 1.05. The molecule has 0 spiro atoms. The minimum Gasteiger partial charge on any atom is -0.306 e. The summed E-state index contributed by atoms with van der Waals surface area (Å²) in [5.74, 6) is -0.118. The molecule has 0 bridgehead atoms. The van der Waals surface area contributed by atoms with Gasteiger partial charge in [-0.15, -0.1) is 11.3 Å². The van der Waals surface area contributed by atoms with Gasteiger partial charge in [0.25, 0.3) is 0 Å². The Morgan fingerprint density at radius 1 is 1.25 bits per heavy atom. The Morgan fingerprint density at radius 2 is 1.90 bits per heavy atom. The third-order valence-corrected chi connectivity index (χ3v) is 4.57. The molecule has 0 aliphatic rings. The number of benzene rings is 1. The van der Waals surface area contributed by atoms with E-state index in [0.29, 0.717) is 11.1 Å². The van der Waals surface area contributed by atoms with Gasteiger partial charge in [0.2, 0.25) is 0 Å². The monoisotopic (exact) mass is 311 g/mol. The van der Waals surface area contributed by atoms with Gasteiger partial charge in [0.15, 0.2) is 0 Å². The van der Waals surface area contributed by atoms with Gasteiger partial charge in [0.05, 0.1) is 10.4 Å². The van der Waals surface area contributed by atoms with Crippen molar-refractivity contribution in [3.05, 3.63) is 56.0 Å². The topological polar surface area (TPSA) is 12.0 Å². The maximum absolute atomic E-state index is 13.8. The SMILES string of the molecule is CCCNC(c1cc(C)c(F)c(C)c1)c1ccc(Cl)s1. The van der Waals surface area contributed by atoms with Gasteiger partial charge < -0.3 is 5.32 Å². The van der Waals surface area contributed by atoms with Crippen LogP contribution < -0.4 is 5.32 Å². The van der Waals surface area contributed by atoms with Gasteiger partial charge in [-0.05, 0) is 55.6 Å². The van der Waals surface area contributed by atoms with Crippen LogP contribution in [0.15, 0.2) is 24.3 Å². The normalized spacial score (nSPS) is 12.7. The van der Waals surface area contributed by atoms with Crippen LogP contribution in [0, 0.1) is 19.7 Å². The molecule has 1 aromatic heterocycles. The molecular formula is C16H19ClFNS. The summed E-state index contributed by atoms with van der Waals surface area (Å²) >= 11 is 7.61. The van der Waals surface area contributed by atoms with E-state index < -0.39 is 0 Å². The van der Waals surface area contributed by atoms with Crippen molar-refractivity contribution in [2.24, 2.45) is 0 Å². The first-order chi connectivity index (χ1) is 9.52. The molecule has 1 unspecified atom stereocenters. The summed E-state index contributed by atoms with van der Waals surface area (Å²) in [6.45, 7) is 6.66. The van der Waals surface area contributed by atoms with Gasteiger partial charge in [-0.25, -0.2) is 4.39 Å². The molecule has 0 amide bonds. The molecule has 1 aromatic carbocycles. The molecule has 4 heteroatoms. The van der Waals surface area contributed by atoms with E-state index in [2.05, 4.69) is 12.2 Å². The Hall–Kier alpha value is -0.900. The van der Waals surface area contributed by atoms with Gasteiger partial charge in [-0.3, -0.25) is 0 Å². The third-order valence-electron chi connectivity index (χ3n) is 3.27. The van der Waals surface area contributed by atoms with Gasteiger partial charge in [-0.2, -0.15) is 0 Å². The van der Waals surface area contributed by atoms with Crippen LogP contribution in [-0.4, -0.2) is 6.54 Å². The Bertz CT molecular complexity index is 571. The van der Waals surface area contributed by atoms with Crippen molar-refractivity contribution < 1.29 is 4.39 Å². The molecule has 1 nitrogen and oxygen atoms in total. The van der Waals surface area contributed by atoms with E-state index in [1.165, 1.54) is 0 Å². The highest BCUT2D eigenvalue weighted by atomic mass is 35.5. The first kappa shape index (κ1) is 15.5. The van der Waals surface area contributed by atoms with Crippen LogP contribution in [0.4, 0.5) is 4.39 Å². The first-order valence-electron chi connectivity index (χ1n) is 6.78. The zero-order valence-electron chi connectivity index (χ0n) is 12.0. The molecular weight excluding hydrogens is 293 g/mol. The zero-order chi connectivity index (χ0) is 14.7. The molecule has 2 rings (SSSR count). The second-order valence-corrected chi connectivity index (χ2v) is 6.74. The lowest BCUT2D eigenvalue weighted by molar-refractivity contribution is 0.590. The molecule has 0 aliphatic heterocycles. The van der Waals surface area contributed by atoms with Gasteiger partial charge in [0, 0.05) is 4.88 Å². The predicted molar refractivity (Wildman–Crippen MR) is 85.3 cm³/mol. The Balaban J connectivity index is 2.40. The molecule has 0 aliphatic carbocycles. The Labute approximate surface area is 128 Å². The van der Waals surface area contributed by atoms with E-state index in [4.69, 9.17) is 11.6 Å². The summed E-state index contributed by atoms with van der Waals surface area (Å²) in [6, 6.07) is 7.86. The van der Waals surface area contributed by atoms with Crippen LogP contribution >= 0.6 is 22.9 Å². The number of hydrogen-bond donors (Lipinski definition) is 1. The molecule has 0 saturated carbocycles. The Morgan fingerprint density at radius 3 is 2.40 bits per heavy atom. The van der Waals surface area contributed by atoms with Crippen molar-refractivity contribution in [2.75, 3.05) is 6.54 Å². The molecule has 20 heavy (non-hydrogen) atoms. The smallest absolute Gasteiger partial charge is 0.129 e. The largest absolute Gasteiger partial charge is 0.306 e. The second kappa shape index (κ2) is 6.70. The summed E-state index contributed by atoms with van der Waals surface area (Å²) in [5.41, 5.74) is 2.46. The van der Waals surface area contributed by atoms with Gasteiger partial charge >= 0.3 is 0 Å². The van der Waals surface area contributed by atoms with Crippen molar-refractivity contribution in [3.63, 3.8) is 0 Å². The quantitative estimate of drug-likeness (QED) is 0.795. The van der Waals surface area contributed by atoms with Crippen LogP contribution in [0.3, 0.4) is 0 Å². The van der Waals surface area contributed by atoms with E-state index in [1.54, 1.807) is 11.3 Å². The Kier molecular flexibility index (Phi) is 5.19. The maximum atomic E-state index is 13.8. The lowest BCUT2D eigenvalue weighted by atomic mass is 9.99. The van der Waals surface area contributed by atoms with Gasteiger partial charge in [-0.1, -0.05) is 30.7 Å². The van der Waals surface area contributed by atoms with E-state index in [0.717, 1.165) is 27.7 Å². The van der Waals surface area contributed by atoms with Gasteiger partial charge in [0.1, 0.15) is 5.82 Å². The summed E-state index contributed by atoms with van der Waals surface area (Å²) in [7, 11) is 0. The van der Waals surface area contributed by atoms with E-state index in [9.17, 15) is 4.39 Å². The van der Waals surface area contributed by atoms with E-state index in [1.807, 2.05) is 38.1 Å². The van der Waals surface area contributed by atoms with E-state index in [-0.39, 0.29) is 11.9 Å². The van der Waals surface area contributed by atoms with Crippen molar-refractivity contribution in [1.82, 2.24) is 5.32 Å². The molecule has 0 radical (unpaired) electrons. The lowest BCUT2D eigenvalue weighted by Gasteiger charge is -2.19. The fraction of sp³-hybridized carbons (Fsp3) is 0.375. The highest BCUT2D eigenvalue weighted by Crippen LogP contribution is 2.32. The number of nitrogens with one attached hydrogen (secondary N) is 1. The van der Waals surface area contributed by atoms with Crippen molar-refractivity contribution >= 4 is 22.9 Å². The average molecular weight is 312 g/mol. The summed E-state index contributed by atoms with van der Waals surface area (Å²) < 4.78 is 14.6. The van der Waals surface area contributed by atoms with Crippen LogP contribution in [0.5, 0.6) is 0 Å². The molecule has 2 aromatic rings. The number of thiophene rings is 1. The highest BCUT2D eigenvalue weighted by Gasteiger charge is 2.17. The van der Waals surface area contributed by atoms with Crippen LogP contribution in [-0.2, 0) is 0 Å². The fourth-order valence-electron chi connectivity index (χ4n) is 2.30. The predicted octanol–water partition coefficient (Wildman–Crippen LogP) is 5.25. The minimum atomic E-state index is -0.118. The summed E-state index contributed by atoms with van der Waals surface area (Å²) in [4.78, 5) is 1.16. The summed E-state index contributed by atoms with van der Waals surface area (Å²) in [5, 5.41) is 3.52. The van der Waals surface area contributed by atoms with E-state index >= 15 is 0 Å². The molecule has 108 valence electrons. The average Bonchev–Trinajstić information content (AvgIpc) is 2.83. The maximum Gasteiger partial charge on any atom is 0.129 e. The van der Waals surface area contributed by atoms with Crippen LogP contribution in [0.2, 0.25) is 4.34 Å². The zero-order valence-corrected chi connectivity index (χ0v) is 13.5.